The number of carbonyl (C=O) groups is 1. The molecule has 0 spiro atoms. The maximum absolute atomic E-state index is 12.6. The SMILES string of the molecule is CCOC(=O)Cn1c(=O)c2cnc(-c3ccc(Cl)cc3)nc2n(C)c1=O. The van der Waals surface area contributed by atoms with Gasteiger partial charge in [0.25, 0.3) is 5.56 Å². The molecule has 0 N–H and O–H groups in total. The van der Waals surface area contributed by atoms with Crippen molar-refractivity contribution in [3.8, 4) is 11.4 Å². The lowest BCUT2D eigenvalue weighted by Crippen LogP contribution is -2.41. The number of esters is 1. The summed E-state index contributed by atoms with van der Waals surface area (Å²) in [5.41, 5.74) is -0.422. The number of aryl methyl sites for hydroxylation is 1. The van der Waals surface area contributed by atoms with Gasteiger partial charge < -0.3 is 4.74 Å². The quantitative estimate of drug-likeness (QED) is 0.640. The van der Waals surface area contributed by atoms with E-state index in [9.17, 15) is 14.4 Å². The molecule has 0 aliphatic rings. The molecule has 0 saturated heterocycles. The van der Waals surface area contributed by atoms with Crippen molar-refractivity contribution in [2.75, 3.05) is 6.61 Å². The first kappa shape index (κ1) is 17.8. The average molecular weight is 375 g/mol. The van der Waals surface area contributed by atoms with Gasteiger partial charge in [-0.3, -0.25) is 14.2 Å². The highest BCUT2D eigenvalue weighted by molar-refractivity contribution is 6.30. The van der Waals surface area contributed by atoms with Gasteiger partial charge in [0, 0.05) is 23.8 Å². The molecule has 0 bridgehead atoms. The van der Waals surface area contributed by atoms with Crippen LogP contribution in [0.25, 0.3) is 22.4 Å². The van der Waals surface area contributed by atoms with Crippen LogP contribution in [0.15, 0.2) is 40.1 Å². The first-order valence-corrected chi connectivity index (χ1v) is 8.18. The highest BCUT2D eigenvalue weighted by Crippen LogP contribution is 2.19. The largest absolute Gasteiger partial charge is 0.465 e. The molecule has 0 aliphatic heterocycles. The Hall–Kier alpha value is -3.00. The molecule has 0 atom stereocenters. The number of hydrogen-bond acceptors (Lipinski definition) is 6. The van der Waals surface area contributed by atoms with Gasteiger partial charge in [-0.05, 0) is 31.2 Å². The molecule has 3 rings (SSSR count). The molecule has 2 aromatic heterocycles. The van der Waals surface area contributed by atoms with E-state index in [0.717, 1.165) is 4.57 Å². The predicted molar refractivity (Wildman–Crippen MR) is 96.1 cm³/mol. The van der Waals surface area contributed by atoms with E-state index in [4.69, 9.17) is 16.3 Å². The van der Waals surface area contributed by atoms with Gasteiger partial charge in [0.2, 0.25) is 0 Å². The van der Waals surface area contributed by atoms with Crippen LogP contribution in [0, 0.1) is 0 Å². The van der Waals surface area contributed by atoms with Gasteiger partial charge in [-0.2, -0.15) is 0 Å². The summed E-state index contributed by atoms with van der Waals surface area (Å²) in [7, 11) is 1.48. The summed E-state index contributed by atoms with van der Waals surface area (Å²) in [4.78, 5) is 45.2. The molecular formula is C17H15ClN4O4. The first-order chi connectivity index (χ1) is 12.4. The zero-order chi connectivity index (χ0) is 18.8. The molecule has 0 aliphatic carbocycles. The normalized spacial score (nSPS) is 10.9. The molecule has 2 heterocycles. The Kier molecular flexibility index (Phi) is 4.85. The summed E-state index contributed by atoms with van der Waals surface area (Å²) in [5.74, 6) is -0.309. The number of hydrogen-bond donors (Lipinski definition) is 0. The molecule has 0 amide bonds. The van der Waals surface area contributed by atoms with E-state index in [2.05, 4.69) is 9.97 Å². The number of halogens is 1. The van der Waals surface area contributed by atoms with E-state index in [1.807, 2.05) is 0 Å². The predicted octanol–water partition coefficient (Wildman–Crippen LogP) is 1.37. The number of carbonyl (C=O) groups excluding carboxylic acids is 1. The Labute approximate surface area is 152 Å². The van der Waals surface area contributed by atoms with Gasteiger partial charge in [0.05, 0.1) is 6.61 Å². The van der Waals surface area contributed by atoms with E-state index < -0.39 is 23.8 Å². The lowest BCUT2D eigenvalue weighted by molar-refractivity contribution is -0.143. The molecule has 0 unspecified atom stereocenters. The summed E-state index contributed by atoms with van der Waals surface area (Å²) in [6.45, 7) is 1.34. The van der Waals surface area contributed by atoms with Crippen LogP contribution in [-0.2, 0) is 23.1 Å². The van der Waals surface area contributed by atoms with Crippen LogP contribution in [0.1, 0.15) is 6.92 Å². The van der Waals surface area contributed by atoms with Crippen molar-refractivity contribution in [2.24, 2.45) is 7.05 Å². The molecule has 0 saturated carbocycles. The summed E-state index contributed by atoms with van der Waals surface area (Å²) in [6, 6.07) is 6.87. The van der Waals surface area contributed by atoms with Crippen molar-refractivity contribution in [3.63, 3.8) is 0 Å². The second-order valence-corrected chi connectivity index (χ2v) is 5.91. The molecule has 1 aromatic carbocycles. The molecule has 0 fully saturated rings. The van der Waals surface area contributed by atoms with Gasteiger partial charge in [0.15, 0.2) is 11.5 Å². The summed E-state index contributed by atoms with van der Waals surface area (Å²) in [5, 5.41) is 0.706. The van der Waals surface area contributed by atoms with Crippen LogP contribution in [0.3, 0.4) is 0 Å². The van der Waals surface area contributed by atoms with Crippen molar-refractivity contribution < 1.29 is 9.53 Å². The summed E-state index contributed by atoms with van der Waals surface area (Å²) >= 11 is 5.87. The minimum Gasteiger partial charge on any atom is -0.465 e. The third-order valence-electron chi connectivity index (χ3n) is 3.77. The Morgan fingerprint density at radius 2 is 1.92 bits per heavy atom. The number of ether oxygens (including phenoxy) is 1. The lowest BCUT2D eigenvalue weighted by Gasteiger charge is -2.10. The van der Waals surface area contributed by atoms with E-state index in [-0.39, 0.29) is 17.6 Å². The van der Waals surface area contributed by atoms with Gasteiger partial charge in [0.1, 0.15) is 11.9 Å². The minimum atomic E-state index is -0.662. The first-order valence-electron chi connectivity index (χ1n) is 7.80. The maximum Gasteiger partial charge on any atom is 0.332 e. The van der Waals surface area contributed by atoms with Crippen LogP contribution in [0.2, 0.25) is 5.02 Å². The highest BCUT2D eigenvalue weighted by Gasteiger charge is 2.16. The smallest absolute Gasteiger partial charge is 0.332 e. The Morgan fingerprint density at radius 1 is 1.23 bits per heavy atom. The van der Waals surface area contributed by atoms with Crippen molar-refractivity contribution in [1.82, 2.24) is 19.1 Å². The van der Waals surface area contributed by atoms with Crippen LogP contribution < -0.4 is 11.2 Å². The molecule has 26 heavy (non-hydrogen) atoms. The lowest BCUT2D eigenvalue weighted by atomic mass is 10.2. The second-order valence-electron chi connectivity index (χ2n) is 5.48. The minimum absolute atomic E-state index is 0.133. The molecule has 9 heteroatoms. The highest BCUT2D eigenvalue weighted by atomic mass is 35.5. The monoisotopic (exact) mass is 374 g/mol. The Balaban J connectivity index is 2.16. The standard InChI is InChI=1S/C17H15ClN4O4/c1-3-26-13(23)9-22-16(24)12-8-19-14(10-4-6-11(18)7-5-10)20-15(12)21(2)17(22)25/h4-8H,3,9H2,1-2H3. The van der Waals surface area contributed by atoms with E-state index in [0.29, 0.717) is 16.4 Å². The third-order valence-corrected chi connectivity index (χ3v) is 4.03. The van der Waals surface area contributed by atoms with Crippen molar-refractivity contribution in [2.45, 2.75) is 13.5 Å². The van der Waals surface area contributed by atoms with E-state index in [1.165, 1.54) is 17.8 Å². The van der Waals surface area contributed by atoms with Crippen molar-refractivity contribution in [1.29, 1.82) is 0 Å². The van der Waals surface area contributed by atoms with Crippen LogP contribution in [0.4, 0.5) is 0 Å². The Morgan fingerprint density at radius 3 is 2.58 bits per heavy atom. The van der Waals surface area contributed by atoms with Gasteiger partial charge >= 0.3 is 11.7 Å². The van der Waals surface area contributed by atoms with Crippen LogP contribution in [-0.4, -0.2) is 31.7 Å². The number of aromatic nitrogens is 4. The number of nitrogens with zero attached hydrogens (tertiary/aromatic N) is 4. The number of fused-ring (bicyclic) bond motifs is 1. The second kappa shape index (κ2) is 7.09. The van der Waals surface area contributed by atoms with E-state index in [1.54, 1.807) is 31.2 Å². The molecule has 8 nitrogen and oxygen atoms in total. The molecule has 0 radical (unpaired) electrons. The fraction of sp³-hybridized carbons (Fsp3) is 0.235. The average Bonchev–Trinajstić information content (AvgIpc) is 2.64. The zero-order valence-electron chi connectivity index (χ0n) is 14.1. The van der Waals surface area contributed by atoms with Gasteiger partial charge in [-0.25, -0.2) is 19.3 Å². The molecule has 3 aromatic rings. The number of rotatable bonds is 4. The molecular weight excluding hydrogens is 360 g/mol. The number of benzene rings is 1. The zero-order valence-corrected chi connectivity index (χ0v) is 14.9. The van der Waals surface area contributed by atoms with Crippen LogP contribution >= 0.6 is 11.6 Å². The fourth-order valence-electron chi connectivity index (χ4n) is 2.50. The summed E-state index contributed by atoms with van der Waals surface area (Å²) in [6.07, 6.45) is 1.34. The third kappa shape index (κ3) is 3.23. The van der Waals surface area contributed by atoms with Crippen LogP contribution in [0.5, 0.6) is 0 Å². The van der Waals surface area contributed by atoms with Crippen molar-refractivity contribution in [3.05, 3.63) is 56.3 Å². The van der Waals surface area contributed by atoms with E-state index >= 15 is 0 Å². The fourth-order valence-corrected chi connectivity index (χ4v) is 2.62. The summed E-state index contributed by atoms with van der Waals surface area (Å²) < 4.78 is 6.82. The maximum atomic E-state index is 12.6. The Bertz CT molecular complexity index is 1100. The molecule has 134 valence electrons. The van der Waals surface area contributed by atoms with Gasteiger partial charge in [-0.15, -0.1) is 0 Å². The topological polar surface area (TPSA) is 96.1 Å². The van der Waals surface area contributed by atoms with Crippen molar-refractivity contribution >= 4 is 28.6 Å². The van der Waals surface area contributed by atoms with Gasteiger partial charge in [-0.1, -0.05) is 11.6 Å².